The zero-order valence-electron chi connectivity index (χ0n) is 9.15. The number of aliphatic carboxylic acids is 1. The van der Waals surface area contributed by atoms with Gasteiger partial charge in [-0.2, -0.15) is 0 Å². The van der Waals surface area contributed by atoms with E-state index < -0.39 is 27.8 Å². The third kappa shape index (κ3) is 3.89. The summed E-state index contributed by atoms with van der Waals surface area (Å²) in [4.78, 5) is 10.8. The van der Waals surface area contributed by atoms with Gasteiger partial charge in [-0.05, 0) is 40.0 Å². The molecule has 0 fully saturated rings. The Hall–Kier alpha value is -0.750. The zero-order valence-corrected chi connectivity index (χ0v) is 11.6. The molecule has 2 atom stereocenters. The minimum atomic E-state index is -1.50. The first-order valence-electron chi connectivity index (χ1n) is 4.99. The fraction of sp³-hybridized carbons (Fsp3) is 0.364. The van der Waals surface area contributed by atoms with Crippen molar-refractivity contribution in [3.05, 3.63) is 34.1 Å². The second-order valence-electron chi connectivity index (χ2n) is 3.51. The minimum absolute atomic E-state index is 0.115. The number of carboxylic acids is 1. The standard InChI is InChI=1S/C11H12BrFO3S/c1-2-10(11(14)15)17(16)6-7-3-4-9(13)8(12)5-7/h3-5,10H,2,6H2,1H3,(H,14,15). The molecule has 0 aromatic heterocycles. The zero-order chi connectivity index (χ0) is 13.0. The molecule has 0 aliphatic rings. The molecule has 0 saturated carbocycles. The van der Waals surface area contributed by atoms with Crippen molar-refractivity contribution in [2.24, 2.45) is 0 Å². The molecular weight excluding hydrogens is 311 g/mol. The molecule has 0 radical (unpaired) electrons. The van der Waals surface area contributed by atoms with Gasteiger partial charge in [-0.1, -0.05) is 13.0 Å². The lowest BCUT2D eigenvalue weighted by molar-refractivity contribution is -0.136. The smallest absolute Gasteiger partial charge is 0.319 e. The van der Waals surface area contributed by atoms with E-state index in [9.17, 15) is 13.4 Å². The number of carboxylic acid groups (broad SMARTS) is 1. The van der Waals surface area contributed by atoms with Crippen LogP contribution < -0.4 is 0 Å². The summed E-state index contributed by atoms with van der Waals surface area (Å²) in [6.45, 7) is 1.68. The maximum absolute atomic E-state index is 13.0. The molecule has 6 heteroatoms. The first-order valence-corrected chi connectivity index (χ1v) is 7.17. The quantitative estimate of drug-likeness (QED) is 0.906. The summed E-state index contributed by atoms with van der Waals surface area (Å²) < 4.78 is 25.1. The van der Waals surface area contributed by atoms with Gasteiger partial charge in [-0.25, -0.2) is 4.39 Å². The van der Waals surface area contributed by atoms with Gasteiger partial charge in [-0.15, -0.1) is 0 Å². The fourth-order valence-electron chi connectivity index (χ4n) is 1.37. The van der Waals surface area contributed by atoms with E-state index in [4.69, 9.17) is 5.11 Å². The van der Waals surface area contributed by atoms with Crippen molar-refractivity contribution in [1.29, 1.82) is 0 Å². The molecule has 0 aliphatic heterocycles. The van der Waals surface area contributed by atoms with E-state index in [1.54, 1.807) is 6.92 Å². The predicted octanol–water partition coefficient (Wildman–Crippen LogP) is 2.70. The van der Waals surface area contributed by atoms with Crippen LogP contribution in [-0.2, 0) is 21.3 Å². The highest BCUT2D eigenvalue weighted by molar-refractivity contribution is 9.10. The van der Waals surface area contributed by atoms with E-state index in [1.165, 1.54) is 18.2 Å². The van der Waals surface area contributed by atoms with Crippen molar-refractivity contribution >= 4 is 32.7 Å². The van der Waals surface area contributed by atoms with Crippen molar-refractivity contribution in [2.45, 2.75) is 24.3 Å². The summed E-state index contributed by atoms with van der Waals surface area (Å²) in [7, 11) is -1.50. The van der Waals surface area contributed by atoms with Gasteiger partial charge in [0.1, 0.15) is 11.1 Å². The number of rotatable bonds is 5. The van der Waals surface area contributed by atoms with E-state index in [0.29, 0.717) is 12.0 Å². The topological polar surface area (TPSA) is 54.4 Å². The molecule has 1 N–H and O–H groups in total. The Balaban J connectivity index is 2.80. The summed E-state index contributed by atoms with van der Waals surface area (Å²) in [6.07, 6.45) is 0.310. The summed E-state index contributed by atoms with van der Waals surface area (Å²) in [5.74, 6) is -1.35. The van der Waals surface area contributed by atoms with E-state index in [2.05, 4.69) is 15.9 Å². The average molecular weight is 323 g/mol. The van der Waals surface area contributed by atoms with Crippen LogP contribution in [0.4, 0.5) is 4.39 Å². The normalized spacial score (nSPS) is 14.3. The van der Waals surface area contributed by atoms with Crippen molar-refractivity contribution < 1.29 is 18.5 Å². The van der Waals surface area contributed by atoms with Gasteiger partial charge in [0, 0.05) is 16.6 Å². The molecule has 3 nitrogen and oxygen atoms in total. The molecule has 1 aromatic carbocycles. The van der Waals surface area contributed by atoms with E-state index >= 15 is 0 Å². The Bertz CT molecular complexity index is 450. The van der Waals surface area contributed by atoms with Gasteiger partial charge in [0.05, 0.1) is 4.47 Å². The number of carbonyl (C=O) groups is 1. The lowest BCUT2D eigenvalue weighted by Crippen LogP contribution is -2.25. The SMILES string of the molecule is CCC(C(=O)O)S(=O)Cc1ccc(F)c(Br)c1. The van der Waals surface area contributed by atoms with Gasteiger partial charge < -0.3 is 5.11 Å². The van der Waals surface area contributed by atoms with Crippen LogP contribution in [0.25, 0.3) is 0 Å². The number of hydrogen-bond acceptors (Lipinski definition) is 2. The summed E-state index contributed by atoms with van der Waals surface area (Å²) in [5.41, 5.74) is 0.649. The summed E-state index contributed by atoms with van der Waals surface area (Å²) in [5, 5.41) is 7.98. The van der Waals surface area contributed by atoms with Crippen LogP contribution >= 0.6 is 15.9 Å². The van der Waals surface area contributed by atoms with Gasteiger partial charge >= 0.3 is 5.97 Å². The first-order chi connectivity index (χ1) is 7.95. The van der Waals surface area contributed by atoms with Gasteiger partial charge in [0.15, 0.2) is 0 Å². The van der Waals surface area contributed by atoms with E-state index in [-0.39, 0.29) is 10.2 Å². The Labute approximate surface area is 110 Å². The maximum Gasteiger partial charge on any atom is 0.319 e. The predicted molar refractivity (Wildman–Crippen MR) is 67.7 cm³/mol. The highest BCUT2D eigenvalue weighted by Crippen LogP contribution is 2.19. The van der Waals surface area contributed by atoms with Crippen molar-refractivity contribution in [3.63, 3.8) is 0 Å². The van der Waals surface area contributed by atoms with Crippen LogP contribution in [0.15, 0.2) is 22.7 Å². The van der Waals surface area contributed by atoms with Gasteiger partial charge in [-0.3, -0.25) is 9.00 Å². The minimum Gasteiger partial charge on any atom is -0.480 e. The van der Waals surface area contributed by atoms with E-state index in [1.807, 2.05) is 0 Å². The maximum atomic E-state index is 13.0. The van der Waals surface area contributed by atoms with Crippen LogP contribution in [0, 0.1) is 5.82 Å². The Morgan fingerprint density at radius 3 is 2.71 bits per heavy atom. The first kappa shape index (κ1) is 14.3. The van der Waals surface area contributed by atoms with Crippen LogP contribution in [0.5, 0.6) is 0 Å². The lowest BCUT2D eigenvalue weighted by atomic mass is 10.2. The summed E-state index contributed by atoms with van der Waals surface area (Å²) >= 11 is 3.03. The van der Waals surface area contributed by atoms with Gasteiger partial charge in [0.25, 0.3) is 0 Å². The monoisotopic (exact) mass is 322 g/mol. The molecule has 1 rings (SSSR count). The Morgan fingerprint density at radius 2 is 2.24 bits per heavy atom. The molecule has 0 saturated heterocycles. The second kappa shape index (κ2) is 6.26. The van der Waals surface area contributed by atoms with Crippen molar-refractivity contribution in [2.75, 3.05) is 0 Å². The highest BCUT2D eigenvalue weighted by Gasteiger charge is 2.22. The molecule has 0 spiro atoms. The van der Waals surface area contributed by atoms with Crippen molar-refractivity contribution in [1.82, 2.24) is 0 Å². The molecule has 0 amide bonds. The number of hydrogen-bond donors (Lipinski definition) is 1. The van der Waals surface area contributed by atoms with Crippen molar-refractivity contribution in [3.8, 4) is 0 Å². The number of halogens is 2. The fourth-order valence-corrected chi connectivity index (χ4v) is 3.10. The van der Waals surface area contributed by atoms with Crippen LogP contribution in [0.3, 0.4) is 0 Å². The lowest BCUT2D eigenvalue weighted by Gasteiger charge is -2.09. The molecule has 1 aromatic rings. The largest absolute Gasteiger partial charge is 0.480 e. The average Bonchev–Trinajstić information content (AvgIpc) is 2.24. The van der Waals surface area contributed by atoms with Crippen LogP contribution in [0.1, 0.15) is 18.9 Å². The Kier molecular flexibility index (Phi) is 5.27. The van der Waals surface area contributed by atoms with Gasteiger partial charge in [0.2, 0.25) is 0 Å². The molecule has 0 heterocycles. The molecular formula is C11H12BrFO3S. The van der Waals surface area contributed by atoms with Crippen LogP contribution in [0.2, 0.25) is 0 Å². The number of benzene rings is 1. The molecule has 17 heavy (non-hydrogen) atoms. The molecule has 0 aliphatic carbocycles. The molecule has 94 valence electrons. The Morgan fingerprint density at radius 1 is 1.59 bits per heavy atom. The third-order valence-electron chi connectivity index (χ3n) is 2.26. The third-order valence-corrected chi connectivity index (χ3v) is 4.65. The molecule has 0 bridgehead atoms. The second-order valence-corrected chi connectivity index (χ2v) is 5.98. The highest BCUT2D eigenvalue weighted by atomic mass is 79.9. The van der Waals surface area contributed by atoms with E-state index in [0.717, 1.165) is 0 Å². The molecule has 2 unspecified atom stereocenters. The van der Waals surface area contributed by atoms with Crippen LogP contribution in [-0.4, -0.2) is 20.5 Å². The summed E-state index contributed by atoms with van der Waals surface area (Å²) in [6, 6.07) is 4.28.